The van der Waals surface area contributed by atoms with Crippen LogP contribution < -0.4 is 5.32 Å². The summed E-state index contributed by atoms with van der Waals surface area (Å²) in [4.78, 5) is 22.9. The van der Waals surface area contributed by atoms with E-state index in [1.165, 1.54) is 43.5 Å². The number of carboxylic acid groups (broad SMARTS) is 1. The van der Waals surface area contributed by atoms with Crippen molar-refractivity contribution in [3.8, 4) is 0 Å². The lowest BCUT2D eigenvalue weighted by Crippen LogP contribution is -2.25. The molecule has 0 aliphatic carbocycles. The maximum Gasteiger partial charge on any atom is 0.335 e. The van der Waals surface area contributed by atoms with Gasteiger partial charge in [-0.2, -0.15) is 0 Å². The molecule has 1 aliphatic heterocycles. The molecule has 0 saturated heterocycles. The van der Waals surface area contributed by atoms with Crippen LogP contribution >= 0.6 is 0 Å². The molecule has 1 aliphatic rings. The van der Waals surface area contributed by atoms with E-state index >= 15 is 0 Å². The zero-order chi connectivity index (χ0) is 17.6. The molecule has 25 heavy (non-hydrogen) atoms. The molecule has 0 unspecified atom stereocenters. The Labute approximate surface area is 146 Å². The van der Waals surface area contributed by atoms with Gasteiger partial charge >= 0.3 is 5.97 Å². The van der Waals surface area contributed by atoms with Gasteiger partial charge in [-0.3, -0.25) is 4.79 Å². The molecule has 132 valence electrons. The van der Waals surface area contributed by atoms with E-state index in [1.54, 1.807) is 0 Å². The van der Waals surface area contributed by atoms with Crippen LogP contribution in [0.5, 0.6) is 0 Å². The van der Waals surface area contributed by atoms with E-state index in [4.69, 9.17) is 5.11 Å². The number of nitrogens with one attached hydrogen (secondary N) is 1. The molecular formula is C18H22N4O3. The quantitative estimate of drug-likeness (QED) is 0.783. The molecular weight excluding hydrogens is 320 g/mol. The summed E-state index contributed by atoms with van der Waals surface area (Å²) in [5, 5.41) is 20.3. The Morgan fingerprint density at radius 1 is 1.08 bits per heavy atom. The minimum Gasteiger partial charge on any atom is -0.478 e. The highest BCUT2D eigenvalue weighted by Crippen LogP contribution is 2.15. The van der Waals surface area contributed by atoms with Crippen LogP contribution in [0.4, 0.5) is 0 Å². The second-order valence-electron chi connectivity index (χ2n) is 6.24. The Kier molecular flexibility index (Phi) is 5.42. The smallest absolute Gasteiger partial charge is 0.335 e. The van der Waals surface area contributed by atoms with Crippen LogP contribution in [0.1, 0.15) is 58.0 Å². The van der Waals surface area contributed by atoms with Crippen LogP contribution in [0.15, 0.2) is 24.3 Å². The third kappa shape index (κ3) is 4.23. The van der Waals surface area contributed by atoms with Gasteiger partial charge in [0.15, 0.2) is 0 Å². The second-order valence-corrected chi connectivity index (χ2v) is 6.24. The van der Waals surface area contributed by atoms with Crippen molar-refractivity contribution in [2.24, 2.45) is 0 Å². The number of hydrogen-bond acceptors (Lipinski definition) is 4. The van der Waals surface area contributed by atoms with Crippen molar-refractivity contribution in [2.75, 3.05) is 6.54 Å². The number of rotatable bonds is 6. The van der Waals surface area contributed by atoms with Crippen molar-refractivity contribution in [1.29, 1.82) is 0 Å². The van der Waals surface area contributed by atoms with Crippen molar-refractivity contribution in [3.05, 3.63) is 47.0 Å². The van der Waals surface area contributed by atoms with E-state index in [0.717, 1.165) is 37.5 Å². The Morgan fingerprint density at radius 3 is 2.60 bits per heavy atom. The Hall–Kier alpha value is -2.70. The first-order valence-corrected chi connectivity index (χ1v) is 8.67. The third-order valence-corrected chi connectivity index (χ3v) is 4.44. The van der Waals surface area contributed by atoms with Crippen LogP contribution in [-0.2, 0) is 19.4 Å². The van der Waals surface area contributed by atoms with Crippen LogP contribution in [0.3, 0.4) is 0 Å². The van der Waals surface area contributed by atoms with Crippen LogP contribution in [0.2, 0.25) is 0 Å². The second kappa shape index (κ2) is 7.92. The van der Waals surface area contributed by atoms with Gasteiger partial charge in [-0.05, 0) is 43.5 Å². The fourth-order valence-corrected chi connectivity index (χ4v) is 3.04. The molecule has 0 spiro atoms. The van der Waals surface area contributed by atoms with Crippen molar-refractivity contribution in [1.82, 2.24) is 20.1 Å². The number of carboxylic acids is 1. The summed E-state index contributed by atoms with van der Waals surface area (Å²) >= 11 is 0. The van der Waals surface area contributed by atoms with Crippen molar-refractivity contribution in [2.45, 2.75) is 45.1 Å². The molecule has 7 nitrogen and oxygen atoms in total. The molecule has 0 bridgehead atoms. The number of aromatic nitrogens is 3. The molecule has 0 fully saturated rings. The summed E-state index contributed by atoms with van der Waals surface area (Å²) in [5.74, 6) is 0.878. The fraction of sp³-hybridized carbons (Fsp3) is 0.444. The largest absolute Gasteiger partial charge is 0.478 e. The highest BCUT2D eigenvalue weighted by atomic mass is 16.4. The van der Waals surface area contributed by atoms with Gasteiger partial charge in [0.05, 0.1) is 5.56 Å². The highest BCUT2D eigenvalue weighted by molar-refractivity contribution is 5.95. The zero-order valence-corrected chi connectivity index (χ0v) is 14.1. The van der Waals surface area contributed by atoms with Gasteiger partial charge in [0, 0.05) is 31.5 Å². The zero-order valence-electron chi connectivity index (χ0n) is 14.1. The minimum absolute atomic E-state index is 0.170. The molecule has 0 atom stereocenters. The van der Waals surface area contributed by atoms with E-state index < -0.39 is 5.97 Å². The average molecular weight is 342 g/mol. The van der Waals surface area contributed by atoms with Crippen molar-refractivity contribution < 1.29 is 14.7 Å². The predicted octanol–water partition coefficient (Wildman–Crippen LogP) is 2.07. The Morgan fingerprint density at radius 2 is 1.84 bits per heavy atom. The molecule has 7 heteroatoms. The van der Waals surface area contributed by atoms with Gasteiger partial charge in [0.25, 0.3) is 5.91 Å². The van der Waals surface area contributed by atoms with Crippen molar-refractivity contribution >= 4 is 11.9 Å². The standard InChI is InChI=1S/C18H22N4O3/c23-17(13-7-9-14(10-8-13)18(24)25)19-11-4-6-16-21-20-15-5-2-1-3-12-22(15)16/h7-10H,1-6,11-12H2,(H,19,23)(H,24,25). The SMILES string of the molecule is O=C(O)c1ccc(C(=O)NCCCc2nnc3n2CCCCC3)cc1. The number of fused-ring (bicyclic) bond motifs is 1. The Bertz CT molecular complexity index is 752. The van der Waals surface area contributed by atoms with Crippen LogP contribution in [0.25, 0.3) is 0 Å². The fourth-order valence-electron chi connectivity index (χ4n) is 3.04. The van der Waals surface area contributed by atoms with E-state index in [0.29, 0.717) is 12.1 Å². The summed E-state index contributed by atoms with van der Waals surface area (Å²) in [5.41, 5.74) is 0.630. The number of carbonyl (C=O) groups excluding carboxylic acids is 1. The third-order valence-electron chi connectivity index (χ3n) is 4.44. The molecule has 2 N–H and O–H groups in total. The first-order chi connectivity index (χ1) is 12.1. The molecule has 3 rings (SSSR count). The number of benzene rings is 1. The highest BCUT2D eigenvalue weighted by Gasteiger charge is 2.14. The number of nitrogens with zero attached hydrogens (tertiary/aromatic N) is 3. The molecule has 2 aromatic rings. The summed E-state index contributed by atoms with van der Waals surface area (Å²) in [6, 6.07) is 5.92. The lowest BCUT2D eigenvalue weighted by Gasteiger charge is -2.08. The molecule has 2 heterocycles. The minimum atomic E-state index is -1.00. The lowest BCUT2D eigenvalue weighted by atomic mass is 10.1. The summed E-state index contributed by atoms with van der Waals surface area (Å²) < 4.78 is 2.22. The normalized spacial score (nSPS) is 13.8. The van der Waals surface area contributed by atoms with Crippen molar-refractivity contribution in [3.63, 3.8) is 0 Å². The summed E-state index contributed by atoms with van der Waals surface area (Å²) in [6.45, 7) is 1.53. The topological polar surface area (TPSA) is 97.1 Å². The van der Waals surface area contributed by atoms with Gasteiger partial charge in [0.1, 0.15) is 11.6 Å². The van der Waals surface area contributed by atoms with Crippen LogP contribution in [0, 0.1) is 0 Å². The van der Waals surface area contributed by atoms with E-state index in [2.05, 4.69) is 20.1 Å². The van der Waals surface area contributed by atoms with E-state index in [-0.39, 0.29) is 11.5 Å². The number of amides is 1. The van der Waals surface area contributed by atoms with Gasteiger partial charge in [-0.25, -0.2) is 4.79 Å². The molecule has 1 amide bonds. The van der Waals surface area contributed by atoms with E-state index in [1.807, 2.05) is 0 Å². The first kappa shape index (κ1) is 17.1. The van der Waals surface area contributed by atoms with Gasteiger partial charge in [-0.15, -0.1) is 10.2 Å². The van der Waals surface area contributed by atoms with Gasteiger partial charge in [0.2, 0.25) is 0 Å². The van der Waals surface area contributed by atoms with Gasteiger partial charge in [-0.1, -0.05) is 6.42 Å². The van der Waals surface area contributed by atoms with Crippen LogP contribution in [-0.4, -0.2) is 38.3 Å². The average Bonchev–Trinajstić information content (AvgIpc) is 2.85. The lowest BCUT2D eigenvalue weighted by molar-refractivity contribution is 0.0696. The maximum atomic E-state index is 12.1. The number of aromatic carboxylic acids is 1. The van der Waals surface area contributed by atoms with E-state index in [9.17, 15) is 9.59 Å². The summed E-state index contributed by atoms with van der Waals surface area (Å²) in [6.07, 6.45) is 6.15. The number of hydrogen-bond donors (Lipinski definition) is 2. The maximum absolute atomic E-state index is 12.1. The molecule has 0 saturated carbocycles. The van der Waals surface area contributed by atoms with Gasteiger partial charge < -0.3 is 15.0 Å². The molecule has 0 radical (unpaired) electrons. The Balaban J connectivity index is 1.47. The molecule has 1 aromatic heterocycles. The predicted molar refractivity (Wildman–Crippen MR) is 91.6 cm³/mol. The molecule has 1 aromatic carbocycles. The monoisotopic (exact) mass is 342 g/mol. The number of carbonyl (C=O) groups is 2. The number of aryl methyl sites for hydroxylation is 2. The summed E-state index contributed by atoms with van der Waals surface area (Å²) in [7, 11) is 0. The first-order valence-electron chi connectivity index (χ1n) is 8.67.